The SMILES string of the molecule is O=C(NC[C@@H](c1ccco1)[NH+]1CCN(c2ccccc2F)CC1)c1ccco1. The van der Waals surface area contributed by atoms with Crippen molar-refractivity contribution in [3.8, 4) is 0 Å². The molecule has 0 aliphatic carbocycles. The third kappa shape index (κ3) is 3.94. The summed E-state index contributed by atoms with van der Waals surface area (Å²) >= 11 is 0. The summed E-state index contributed by atoms with van der Waals surface area (Å²) in [4.78, 5) is 15.6. The molecule has 2 aromatic heterocycles. The minimum atomic E-state index is -0.244. The van der Waals surface area contributed by atoms with Crippen molar-refractivity contribution in [3.05, 3.63) is 78.4 Å². The molecule has 146 valence electrons. The van der Waals surface area contributed by atoms with E-state index in [1.54, 1.807) is 24.5 Å². The molecule has 0 unspecified atom stereocenters. The van der Waals surface area contributed by atoms with E-state index in [4.69, 9.17) is 8.83 Å². The number of furan rings is 2. The van der Waals surface area contributed by atoms with E-state index in [2.05, 4.69) is 10.2 Å². The molecule has 4 rings (SSSR count). The highest BCUT2D eigenvalue weighted by molar-refractivity contribution is 5.91. The van der Waals surface area contributed by atoms with E-state index >= 15 is 0 Å². The molecule has 0 saturated carbocycles. The number of benzene rings is 1. The van der Waals surface area contributed by atoms with Gasteiger partial charge in [0.05, 0.1) is 50.9 Å². The summed E-state index contributed by atoms with van der Waals surface area (Å²) in [6.45, 7) is 3.54. The minimum absolute atomic E-state index is 0.0170. The highest BCUT2D eigenvalue weighted by atomic mass is 19.1. The second-order valence-corrected chi connectivity index (χ2v) is 6.85. The number of nitrogens with zero attached hydrogens (tertiary/aromatic N) is 1. The number of para-hydroxylation sites is 1. The second kappa shape index (κ2) is 8.31. The molecule has 0 bridgehead atoms. The van der Waals surface area contributed by atoms with Gasteiger partial charge in [-0.1, -0.05) is 12.1 Å². The van der Waals surface area contributed by atoms with Crippen molar-refractivity contribution in [2.45, 2.75) is 6.04 Å². The van der Waals surface area contributed by atoms with Gasteiger partial charge in [0.25, 0.3) is 5.91 Å². The van der Waals surface area contributed by atoms with Crippen molar-refractivity contribution in [2.75, 3.05) is 37.6 Å². The van der Waals surface area contributed by atoms with Crippen LogP contribution in [-0.2, 0) is 0 Å². The summed E-state index contributed by atoms with van der Waals surface area (Å²) in [5.74, 6) is 0.678. The number of halogens is 1. The number of carbonyl (C=O) groups excluding carboxylic acids is 1. The molecule has 1 atom stereocenters. The summed E-state index contributed by atoms with van der Waals surface area (Å²) < 4.78 is 24.9. The van der Waals surface area contributed by atoms with Crippen LogP contribution in [0.4, 0.5) is 10.1 Å². The van der Waals surface area contributed by atoms with E-state index in [0.29, 0.717) is 12.2 Å². The predicted octanol–water partition coefficient (Wildman–Crippen LogP) is 1.89. The second-order valence-electron chi connectivity index (χ2n) is 6.85. The molecule has 1 fully saturated rings. The van der Waals surface area contributed by atoms with Crippen molar-refractivity contribution >= 4 is 11.6 Å². The number of carbonyl (C=O) groups is 1. The van der Waals surface area contributed by atoms with E-state index < -0.39 is 0 Å². The van der Waals surface area contributed by atoms with Gasteiger partial charge >= 0.3 is 0 Å². The van der Waals surface area contributed by atoms with Crippen LogP contribution in [-0.4, -0.2) is 38.6 Å². The Kier molecular flexibility index (Phi) is 5.43. The number of rotatable bonds is 6. The molecule has 1 aliphatic heterocycles. The zero-order chi connectivity index (χ0) is 19.3. The standard InChI is InChI=1S/C21H22FN3O3/c22-16-5-1-2-6-17(16)24-9-11-25(12-10-24)18(19-7-3-13-27-19)15-23-21(26)20-8-4-14-28-20/h1-8,13-14,18H,9-12,15H2,(H,23,26)/p+1/t18-/m0/s1. The Morgan fingerprint density at radius 1 is 1.07 bits per heavy atom. The Bertz CT molecular complexity index is 888. The van der Waals surface area contributed by atoms with Crippen molar-refractivity contribution in [1.29, 1.82) is 0 Å². The Morgan fingerprint density at radius 2 is 1.82 bits per heavy atom. The van der Waals surface area contributed by atoms with Gasteiger partial charge in [0.15, 0.2) is 17.6 Å². The summed E-state index contributed by atoms with van der Waals surface area (Å²) in [6.07, 6.45) is 3.12. The Hall–Kier alpha value is -3.06. The highest BCUT2D eigenvalue weighted by Gasteiger charge is 2.31. The van der Waals surface area contributed by atoms with Gasteiger partial charge < -0.3 is 24.0 Å². The van der Waals surface area contributed by atoms with Crippen LogP contribution in [0.3, 0.4) is 0 Å². The molecule has 3 aromatic rings. The topological polar surface area (TPSA) is 63.1 Å². The number of amides is 1. The molecule has 28 heavy (non-hydrogen) atoms. The fraction of sp³-hybridized carbons (Fsp3) is 0.286. The van der Waals surface area contributed by atoms with Gasteiger partial charge in [0.2, 0.25) is 0 Å². The maximum atomic E-state index is 14.1. The van der Waals surface area contributed by atoms with Crippen molar-refractivity contribution < 1.29 is 22.9 Å². The van der Waals surface area contributed by atoms with Crippen LogP contribution < -0.4 is 15.1 Å². The van der Waals surface area contributed by atoms with Gasteiger partial charge in [-0.15, -0.1) is 0 Å². The first kappa shape index (κ1) is 18.3. The molecule has 0 radical (unpaired) electrons. The normalized spacial score (nSPS) is 16.1. The van der Waals surface area contributed by atoms with Crippen LogP contribution in [0, 0.1) is 5.82 Å². The van der Waals surface area contributed by atoms with Crippen molar-refractivity contribution in [3.63, 3.8) is 0 Å². The first-order valence-electron chi connectivity index (χ1n) is 9.41. The smallest absolute Gasteiger partial charge is 0.287 e. The third-order valence-electron chi connectivity index (χ3n) is 5.19. The lowest BCUT2D eigenvalue weighted by Crippen LogP contribution is -3.15. The molecule has 3 heterocycles. The largest absolute Gasteiger partial charge is 0.463 e. The first-order valence-corrected chi connectivity index (χ1v) is 9.41. The summed E-state index contributed by atoms with van der Waals surface area (Å²) in [6, 6.07) is 14.0. The molecule has 1 saturated heterocycles. The van der Waals surface area contributed by atoms with Crippen LogP contribution in [0.2, 0.25) is 0 Å². The van der Waals surface area contributed by atoms with E-state index in [1.807, 2.05) is 24.3 Å². The van der Waals surface area contributed by atoms with Crippen molar-refractivity contribution in [2.24, 2.45) is 0 Å². The summed E-state index contributed by atoms with van der Waals surface area (Å²) in [5.41, 5.74) is 0.641. The number of hydrogen-bond acceptors (Lipinski definition) is 4. The fourth-order valence-electron chi connectivity index (χ4n) is 3.72. The number of quaternary nitrogens is 1. The molecule has 0 spiro atoms. The molecule has 7 heteroatoms. The third-order valence-corrected chi connectivity index (χ3v) is 5.19. The van der Waals surface area contributed by atoms with Gasteiger partial charge in [-0.25, -0.2) is 4.39 Å². The maximum Gasteiger partial charge on any atom is 0.287 e. The van der Waals surface area contributed by atoms with Gasteiger partial charge in [0.1, 0.15) is 5.82 Å². The Labute approximate surface area is 162 Å². The monoisotopic (exact) mass is 384 g/mol. The van der Waals surface area contributed by atoms with Crippen LogP contribution in [0.1, 0.15) is 22.4 Å². The summed E-state index contributed by atoms with van der Waals surface area (Å²) in [7, 11) is 0. The lowest BCUT2D eigenvalue weighted by Gasteiger charge is -2.37. The van der Waals surface area contributed by atoms with E-state index in [-0.39, 0.29) is 23.5 Å². The minimum Gasteiger partial charge on any atom is -0.463 e. The zero-order valence-electron chi connectivity index (χ0n) is 15.4. The van der Waals surface area contributed by atoms with Gasteiger partial charge in [-0.05, 0) is 36.4 Å². The lowest BCUT2D eigenvalue weighted by molar-refractivity contribution is -0.932. The van der Waals surface area contributed by atoms with Gasteiger partial charge in [0, 0.05) is 0 Å². The van der Waals surface area contributed by atoms with Crippen molar-refractivity contribution in [1.82, 2.24) is 5.32 Å². The number of piperazine rings is 1. The number of anilines is 1. The number of nitrogens with one attached hydrogen (secondary N) is 2. The zero-order valence-corrected chi connectivity index (χ0v) is 15.4. The quantitative estimate of drug-likeness (QED) is 0.681. The van der Waals surface area contributed by atoms with Crippen LogP contribution in [0.5, 0.6) is 0 Å². The van der Waals surface area contributed by atoms with E-state index in [9.17, 15) is 9.18 Å². The van der Waals surface area contributed by atoms with Crippen LogP contribution in [0.25, 0.3) is 0 Å². The van der Waals surface area contributed by atoms with Crippen LogP contribution >= 0.6 is 0 Å². The fourth-order valence-corrected chi connectivity index (χ4v) is 3.72. The lowest BCUT2D eigenvalue weighted by atomic mass is 10.1. The molecule has 1 aliphatic rings. The van der Waals surface area contributed by atoms with Gasteiger partial charge in [-0.3, -0.25) is 4.79 Å². The van der Waals surface area contributed by atoms with Gasteiger partial charge in [-0.2, -0.15) is 0 Å². The maximum absolute atomic E-state index is 14.1. The molecule has 1 aromatic carbocycles. The highest BCUT2D eigenvalue weighted by Crippen LogP contribution is 2.19. The van der Waals surface area contributed by atoms with E-state index in [0.717, 1.165) is 31.9 Å². The average Bonchev–Trinajstić information content (AvgIpc) is 3.43. The molecular formula is C21H23FN3O3+. The molecular weight excluding hydrogens is 361 g/mol. The number of hydrogen-bond donors (Lipinski definition) is 2. The Morgan fingerprint density at radius 3 is 2.50 bits per heavy atom. The predicted molar refractivity (Wildman–Crippen MR) is 102 cm³/mol. The van der Waals surface area contributed by atoms with Crippen LogP contribution in [0.15, 0.2) is 69.9 Å². The summed E-state index contributed by atoms with van der Waals surface area (Å²) in [5, 5.41) is 2.94. The molecule has 2 N–H and O–H groups in total. The first-order chi connectivity index (χ1) is 13.7. The van der Waals surface area contributed by atoms with E-state index in [1.165, 1.54) is 17.2 Å². The molecule has 6 nitrogen and oxygen atoms in total. The molecule has 1 amide bonds. The Balaban J connectivity index is 1.42. The average molecular weight is 384 g/mol.